The second-order valence-corrected chi connectivity index (χ2v) is 7.15. The Morgan fingerprint density at radius 2 is 2.14 bits per heavy atom. The maximum Gasteiger partial charge on any atom is 0.223 e. The summed E-state index contributed by atoms with van der Waals surface area (Å²) in [7, 11) is 0. The fourth-order valence-electron chi connectivity index (χ4n) is 2.54. The number of halogens is 1. The van der Waals surface area contributed by atoms with Gasteiger partial charge in [-0.3, -0.25) is 4.79 Å². The van der Waals surface area contributed by atoms with E-state index in [1.807, 2.05) is 0 Å². The summed E-state index contributed by atoms with van der Waals surface area (Å²) >= 11 is 4.83. The van der Waals surface area contributed by atoms with Crippen molar-refractivity contribution in [2.75, 3.05) is 6.54 Å². The molecule has 1 aromatic rings. The van der Waals surface area contributed by atoms with Crippen LogP contribution in [0.3, 0.4) is 0 Å². The van der Waals surface area contributed by atoms with E-state index in [-0.39, 0.29) is 22.1 Å². The van der Waals surface area contributed by atoms with Gasteiger partial charge < -0.3 is 10.6 Å². The van der Waals surface area contributed by atoms with Crippen molar-refractivity contribution in [3.8, 4) is 0 Å². The number of amides is 1. The average molecular weight is 308 g/mol. The molecule has 3 nitrogen and oxygen atoms in total. The number of benzene rings is 1. The Bertz CT molecular complexity index is 580. The lowest BCUT2D eigenvalue weighted by atomic mass is 9.80. The fraction of sp³-hybridized carbons (Fsp3) is 0.500. The molecule has 1 heterocycles. The van der Waals surface area contributed by atoms with Crippen molar-refractivity contribution in [2.45, 2.75) is 33.7 Å². The minimum atomic E-state index is -0.368. The highest BCUT2D eigenvalue weighted by Crippen LogP contribution is 2.34. The first-order valence-corrected chi connectivity index (χ1v) is 7.45. The van der Waals surface area contributed by atoms with E-state index < -0.39 is 0 Å². The van der Waals surface area contributed by atoms with Crippen LogP contribution in [0.2, 0.25) is 0 Å². The summed E-state index contributed by atoms with van der Waals surface area (Å²) in [5, 5.41) is 0. The monoisotopic (exact) mass is 308 g/mol. The Balaban J connectivity index is 2.12. The summed E-state index contributed by atoms with van der Waals surface area (Å²) in [5.74, 6) is 0.0315. The van der Waals surface area contributed by atoms with Gasteiger partial charge in [0.05, 0.1) is 0 Å². The molecule has 1 saturated heterocycles. The number of carbonyl (C=O) groups is 1. The average Bonchev–Trinajstić information content (AvgIpc) is 2.73. The Morgan fingerprint density at radius 1 is 1.48 bits per heavy atom. The van der Waals surface area contributed by atoms with Crippen LogP contribution in [0.5, 0.6) is 0 Å². The van der Waals surface area contributed by atoms with Crippen molar-refractivity contribution >= 4 is 23.1 Å². The van der Waals surface area contributed by atoms with Crippen LogP contribution in [-0.4, -0.2) is 22.3 Å². The molecule has 0 radical (unpaired) electrons. The lowest BCUT2D eigenvalue weighted by Crippen LogP contribution is -2.27. The van der Waals surface area contributed by atoms with Gasteiger partial charge in [-0.2, -0.15) is 0 Å². The van der Waals surface area contributed by atoms with Gasteiger partial charge in [0.25, 0.3) is 0 Å². The quantitative estimate of drug-likeness (QED) is 0.873. The predicted octanol–water partition coefficient (Wildman–Crippen LogP) is 2.85. The predicted molar refractivity (Wildman–Crippen MR) is 85.3 cm³/mol. The third kappa shape index (κ3) is 3.59. The van der Waals surface area contributed by atoms with Crippen LogP contribution in [0.25, 0.3) is 0 Å². The van der Waals surface area contributed by atoms with Crippen LogP contribution in [0.4, 0.5) is 4.39 Å². The summed E-state index contributed by atoms with van der Waals surface area (Å²) in [6.07, 6.45) is 0.538. The molecule has 1 aliphatic rings. The van der Waals surface area contributed by atoms with E-state index in [1.54, 1.807) is 17.0 Å². The van der Waals surface area contributed by atoms with Gasteiger partial charge in [-0.1, -0.05) is 45.1 Å². The zero-order chi connectivity index (χ0) is 15.8. The van der Waals surface area contributed by atoms with Crippen molar-refractivity contribution in [3.63, 3.8) is 0 Å². The van der Waals surface area contributed by atoms with E-state index in [0.717, 1.165) is 0 Å². The maximum atomic E-state index is 14.1. The lowest BCUT2D eigenvalue weighted by molar-refractivity contribution is -0.128. The number of hydrogen-bond acceptors (Lipinski definition) is 2. The summed E-state index contributed by atoms with van der Waals surface area (Å²) in [6, 6.07) is 4.68. The van der Waals surface area contributed by atoms with Gasteiger partial charge in [-0.05, 0) is 17.4 Å². The third-order valence-electron chi connectivity index (χ3n) is 4.14. The maximum absolute atomic E-state index is 14.1. The zero-order valence-electron chi connectivity index (χ0n) is 12.6. The van der Waals surface area contributed by atoms with Gasteiger partial charge in [-0.25, -0.2) is 4.39 Å². The zero-order valence-corrected chi connectivity index (χ0v) is 13.5. The smallest absolute Gasteiger partial charge is 0.223 e. The van der Waals surface area contributed by atoms with E-state index in [9.17, 15) is 9.18 Å². The molecule has 1 aliphatic heterocycles. The second kappa shape index (κ2) is 5.72. The second-order valence-electron chi connectivity index (χ2n) is 6.71. The molecular formula is C16H21FN2OS. The molecule has 1 unspecified atom stereocenters. The highest BCUT2D eigenvalue weighted by molar-refractivity contribution is 7.80. The molecule has 114 valence electrons. The van der Waals surface area contributed by atoms with Gasteiger partial charge in [0, 0.05) is 30.6 Å². The molecule has 0 bridgehead atoms. The molecule has 1 aromatic carbocycles. The van der Waals surface area contributed by atoms with Gasteiger partial charge in [0.2, 0.25) is 5.91 Å². The largest absolute Gasteiger partial charge is 0.389 e. The van der Waals surface area contributed by atoms with Crippen LogP contribution in [0, 0.1) is 17.2 Å². The summed E-state index contributed by atoms with van der Waals surface area (Å²) in [5.41, 5.74) is 6.57. The van der Waals surface area contributed by atoms with Gasteiger partial charge in [0.15, 0.2) is 0 Å². The number of nitrogens with two attached hydrogens (primary N) is 1. The summed E-state index contributed by atoms with van der Waals surface area (Å²) in [4.78, 5) is 14.0. The van der Waals surface area contributed by atoms with Crippen LogP contribution in [0.15, 0.2) is 18.2 Å². The highest BCUT2D eigenvalue weighted by atomic mass is 32.1. The molecule has 0 aromatic heterocycles. The first kappa shape index (κ1) is 15.9. The molecule has 1 fully saturated rings. The number of hydrogen-bond donors (Lipinski definition) is 1. The molecule has 1 atom stereocenters. The minimum Gasteiger partial charge on any atom is -0.389 e. The Hall–Kier alpha value is -1.49. The Morgan fingerprint density at radius 3 is 2.62 bits per heavy atom. The van der Waals surface area contributed by atoms with Gasteiger partial charge in [0.1, 0.15) is 10.8 Å². The van der Waals surface area contributed by atoms with Crippen molar-refractivity contribution in [3.05, 3.63) is 35.1 Å². The van der Waals surface area contributed by atoms with E-state index >= 15 is 0 Å². The number of thiocarbonyl (C=S) groups is 1. The topological polar surface area (TPSA) is 46.3 Å². The van der Waals surface area contributed by atoms with Gasteiger partial charge >= 0.3 is 0 Å². The molecular weight excluding hydrogens is 287 g/mol. The number of carbonyl (C=O) groups excluding carboxylic acids is 1. The lowest BCUT2D eigenvalue weighted by Gasteiger charge is -2.26. The normalized spacial score (nSPS) is 19.1. The minimum absolute atomic E-state index is 0.0819. The molecule has 1 amide bonds. The molecule has 2 N–H and O–H groups in total. The van der Waals surface area contributed by atoms with Crippen molar-refractivity contribution in [1.29, 1.82) is 0 Å². The van der Waals surface area contributed by atoms with Crippen LogP contribution in [-0.2, 0) is 11.3 Å². The SMILES string of the molecule is CC(C)(C)C1CC(=O)N(Cc2ccc(C(N)=S)cc2F)C1. The fourth-order valence-corrected chi connectivity index (χ4v) is 2.67. The molecule has 0 spiro atoms. The van der Waals surface area contributed by atoms with Crippen molar-refractivity contribution in [1.82, 2.24) is 4.90 Å². The van der Waals surface area contributed by atoms with E-state index in [1.165, 1.54) is 6.07 Å². The van der Waals surface area contributed by atoms with Crippen LogP contribution in [0.1, 0.15) is 38.3 Å². The van der Waals surface area contributed by atoms with E-state index in [2.05, 4.69) is 20.8 Å². The number of likely N-dealkylation sites (tertiary alicyclic amines) is 1. The van der Waals surface area contributed by atoms with Crippen LogP contribution >= 0.6 is 12.2 Å². The standard InChI is InChI=1S/C16H21FN2OS/c1-16(2,3)12-7-14(20)19(9-12)8-11-5-4-10(15(18)21)6-13(11)17/h4-6,12H,7-9H2,1-3H3,(H2,18,21). The first-order valence-electron chi connectivity index (χ1n) is 7.04. The number of nitrogens with zero attached hydrogens (tertiary/aromatic N) is 1. The highest BCUT2D eigenvalue weighted by Gasteiger charge is 2.36. The summed E-state index contributed by atoms with van der Waals surface area (Å²) < 4.78 is 14.1. The number of rotatable bonds is 3. The summed E-state index contributed by atoms with van der Waals surface area (Å²) in [6.45, 7) is 7.37. The molecule has 2 rings (SSSR count). The molecule has 5 heteroatoms. The van der Waals surface area contributed by atoms with E-state index in [4.69, 9.17) is 18.0 Å². The van der Waals surface area contributed by atoms with E-state index in [0.29, 0.717) is 36.6 Å². The first-order chi connectivity index (χ1) is 9.68. The third-order valence-corrected chi connectivity index (χ3v) is 4.37. The molecule has 0 aliphatic carbocycles. The van der Waals surface area contributed by atoms with Crippen LogP contribution < -0.4 is 5.73 Å². The molecule has 0 saturated carbocycles. The van der Waals surface area contributed by atoms with Gasteiger partial charge in [-0.15, -0.1) is 0 Å². The van der Waals surface area contributed by atoms with Crippen molar-refractivity contribution < 1.29 is 9.18 Å². The Labute approximate surface area is 130 Å². The molecule has 21 heavy (non-hydrogen) atoms. The van der Waals surface area contributed by atoms with Crippen molar-refractivity contribution in [2.24, 2.45) is 17.1 Å². The Kier molecular flexibility index (Phi) is 4.33.